The molecule has 1 rings (SSSR count). The summed E-state index contributed by atoms with van der Waals surface area (Å²) in [6.07, 6.45) is 3.47. The van der Waals surface area contributed by atoms with Crippen LogP contribution in [0.1, 0.15) is 19.3 Å². The SMILES string of the molecule is CN=C(NC)NCCCOC1CCOCC1. The average molecular weight is 229 g/mol. The van der Waals surface area contributed by atoms with Gasteiger partial charge < -0.3 is 20.1 Å². The fourth-order valence-corrected chi connectivity index (χ4v) is 1.65. The summed E-state index contributed by atoms with van der Waals surface area (Å²) in [6, 6.07) is 0. The molecule has 1 aliphatic rings. The first-order valence-electron chi connectivity index (χ1n) is 5.94. The van der Waals surface area contributed by atoms with Gasteiger partial charge >= 0.3 is 0 Å². The van der Waals surface area contributed by atoms with Gasteiger partial charge in [0.05, 0.1) is 6.10 Å². The van der Waals surface area contributed by atoms with E-state index in [2.05, 4.69) is 15.6 Å². The molecule has 0 aromatic rings. The number of ether oxygens (including phenoxy) is 2. The third-order valence-corrected chi connectivity index (χ3v) is 2.60. The van der Waals surface area contributed by atoms with Gasteiger partial charge in [-0.15, -0.1) is 0 Å². The van der Waals surface area contributed by atoms with Crippen LogP contribution in [0.5, 0.6) is 0 Å². The van der Waals surface area contributed by atoms with Crippen molar-refractivity contribution in [3.05, 3.63) is 0 Å². The Morgan fingerprint density at radius 2 is 2.19 bits per heavy atom. The topological polar surface area (TPSA) is 54.9 Å². The van der Waals surface area contributed by atoms with Crippen LogP contribution >= 0.6 is 0 Å². The van der Waals surface area contributed by atoms with E-state index >= 15 is 0 Å². The molecule has 5 nitrogen and oxygen atoms in total. The Bertz CT molecular complexity index is 203. The van der Waals surface area contributed by atoms with E-state index in [-0.39, 0.29) is 0 Å². The number of aliphatic imine (C=N–C) groups is 1. The van der Waals surface area contributed by atoms with E-state index in [1.165, 1.54) is 0 Å². The summed E-state index contributed by atoms with van der Waals surface area (Å²) >= 11 is 0. The Labute approximate surface area is 97.6 Å². The Balaban J connectivity index is 1.95. The van der Waals surface area contributed by atoms with Gasteiger partial charge in [-0.3, -0.25) is 4.99 Å². The number of guanidine groups is 1. The predicted octanol–water partition coefficient (Wildman–Crippen LogP) is 0.367. The van der Waals surface area contributed by atoms with Gasteiger partial charge in [-0.05, 0) is 19.3 Å². The molecule has 16 heavy (non-hydrogen) atoms. The van der Waals surface area contributed by atoms with E-state index in [0.29, 0.717) is 6.10 Å². The van der Waals surface area contributed by atoms with Gasteiger partial charge in [-0.1, -0.05) is 0 Å². The number of hydrogen-bond acceptors (Lipinski definition) is 3. The highest BCUT2D eigenvalue weighted by molar-refractivity contribution is 5.79. The maximum atomic E-state index is 5.75. The zero-order chi connectivity index (χ0) is 11.6. The molecule has 1 saturated heterocycles. The minimum atomic E-state index is 0.400. The third kappa shape index (κ3) is 5.32. The Hall–Kier alpha value is -0.810. The van der Waals surface area contributed by atoms with Crippen LogP contribution in [-0.2, 0) is 9.47 Å². The minimum absolute atomic E-state index is 0.400. The van der Waals surface area contributed by atoms with Crippen LogP contribution in [0.25, 0.3) is 0 Å². The zero-order valence-corrected chi connectivity index (χ0v) is 10.3. The van der Waals surface area contributed by atoms with Gasteiger partial charge in [-0.2, -0.15) is 0 Å². The molecule has 0 aromatic heterocycles. The lowest BCUT2D eigenvalue weighted by Gasteiger charge is -2.22. The summed E-state index contributed by atoms with van der Waals surface area (Å²) < 4.78 is 11.0. The first-order valence-corrected chi connectivity index (χ1v) is 5.94. The van der Waals surface area contributed by atoms with Crippen molar-refractivity contribution in [3.8, 4) is 0 Å². The number of hydrogen-bond donors (Lipinski definition) is 2. The molecule has 0 spiro atoms. The van der Waals surface area contributed by atoms with Crippen molar-refractivity contribution < 1.29 is 9.47 Å². The van der Waals surface area contributed by atoms with Crippen LogP contribution in [-0.4, -0.2) is 52.5 Å². The molecule has 0 bridgehead atoms. The summed E-state index contributed by atoms with van der Waals surface area (Å²) in [4.78, 5) is 4.03. The second kappa shape index (κ2) is 8.35. The van der Waals surface area contributed by atoms with E-state index in [4.69, 9.17) is 9.47 Å². The Morgan fingerprint density at radius 1 is 1.44 bits per heavy atom. The maximum absolute atomic E-state index is 5.75. The molecule has 1 fully saturated rings. The van der Waals surface area contributed by atoms with Crippen LogP contribution in [0.4, 0.5) is 0 Å². The van der Waals surface area contributed by atoms with Crippen LogP contribution < -0.4 is 10.6 Å². The Morgan fingerprint density at radius 3 is 2.81 bits per heavy atom. The molecule has 0 aromatic carbocycles. The highest BCUT2D eigenvalue weighted by Gasteiger charge is 2.13. The van der Waals surface area contributed by atoms with E-state index in [1.807, 2.05) is 7.05 Å². The van der Waals surface area contributed by atoms with E-state index in [9.17, 15) is 0 Å². The summed E-state index contributed by atoms with van der Waals surface area (Å²) in [5.74, 6) is 0.825. The van der Waals surface area contributed by atoms with Crippen molar-refractivity contribution in [1.29, 1.82) is 0 Å². The molecule has 5 heteroatoms. The van der Waals surface area contributed by atoms with Crippen molar-refractivity contribution in [2.45, 2.75) is 25.4 Å². The first kappa shape index (κ1) is 13.3. The lowest BCUT2D eigenvalue weighted by molar-refractivity contribution is -0.0320. The van der Waals surface area contributed by atoms with E-state index in [0.717, 1.165) is 51.6 Å². The van der Waals surface area contributed by atoms with Crippen molar-refractivity contribution in [1.82, 2.24) is 10.6 Å². The molecule has 0 radical (unpaired) electrons. The molecule has 2 N–H and O–H groups in total. The van der Waals surface area contributed by atoms with Crippen LogP contribution in [0.3, 0.4) is 0 Å². The molecular weight excluding hydrogens is 206 g/mol. The molecule has 0 unspecified atom stereocenters. The summed E-state index contributed by atoms with van der Waals surface area (Å²) in [5, 5.41) is 6.16. The second-order valence-electron chi connectivity index (χ2n) is 3.79. The van der Waals surface area contributed by atoms with Crippen LogP contribution in [0.2, 0.25) is 0 Å². The van der Waals surface area contributed by atoms with E-state index in [1.54, 1.807) is 7.05 Å². The van der Waals surface area contributed by atoms with Crippen molar-refractivity contribution in [3.63, 3.8) is 0 Å². The summed E-state index contributed by atoms with van der Waals surface area (Å²) in [7, 11) is 3.62. The highest BCUT2D eigenvalue weighted by atomic mass is 16.5. The lowest BCUT2D eigenvalue weighted by atomic mass is 10.1. The highest BCUT2D eigenvalue weighted by Crippen LogP contribution is 2.10. The molecule has 0 atom stereocenters. The number of rotatable bonds is 5. The van der Waals surface area contributed by atoms with Crippen LogP contribution in [0.15, 0.2) is 4.99 Å². The van der Waals surface area contributed by atoms with Gasteiger partial charge in [0.2, 0.25) is 0 Å². The fraction of sp³-hybridized carbons (Fsp3) is 0.909. The molecule has 0 saturated carbocycles. The predicted molar refractivity (Wildman–Crippen MR) is 64.8 cm³/mol. The van der Waals surface area contributed by atoms with E-state index < -0.39 is 0 Å². The first-order chi connectivity index (χ1) is 7.86. The summed E-state index contributed by atoms with van der Waals surface area (Å²) in [6.45, 7) is 3.37. The Kier molecular flexibility index (Phi) is 6.92. The lowest BCUT2D eigenvalue weighted by Crippen LogP contribution is -2.35. The molecule has 1 aliphatic heterocycles. The molecule has 1 heterocycles. The second-order valence-corrected chi connectivity index (χ2v) is 3.79. The van der Waals surface area contributed by atoms with Crippen molar-refractivity contribution in [2.24, 2.45) is 4.99 Å². The molecule has 94 valence electrons. The quantitative estimate of drug-likeness (QED) is 0.406. The monoisotopic (exact) mass is 229 g/mol. The van der Waals surface area contributed by atoms with Crippen molar-refractivity contribution >= 4 is 5.96 Å². The average Bonchev–Trinajstić information content (AvgIpc) is 2.35. The molecular formula is C11H23N3O2. The smallest absolute Gasteiger partial charge is 0.190 e. The molecule has 0 aliphatic carbocycles. The number of nitrogens with one attached hydrogen (secondary N) is 2. The normalized spacial score (nSPS) is 18.5. The molecule has 0 amide bonds. The summed E-state index contributed by atoms with van der Waals surface area (Å²) in [5.41, 5.74) is 0. The largest absolute Gasteiger partial charge is 0.381 e. The number of nitrogens with zero attached hydrogens (tertiary/aromatic N) is 1. The van der Waals surface area contributed by atoms with Crippen molar-refractivity contribution in [2.75, 3.05) is 40.5 Å². The van der Waals surface area contributed by atoms with Gasteiger partial charge in [0.1, 0.15) is 0 Å². The standard InChI is InChI=1S/C11H23N3O2/c1-12-11(13-2)14-6-3-7-16-10-4-8-15-9-5-10/h10H,3-9H2,1-2H3,(H2,12,13,14). The van der Waals surface area contributed by atoms with Gasteiger partial charge in [0.15, 0.2) is 5.96 Å². The zero-order valence-electron chi connectivity index (χ0n) is 10.3. The maximum Gasteiger partial charge on any atom is 0.190 e. The van der Waals surface area contributed by atoms with Crippen LogP contribution in [0, 0.1) is 0 Å². The minimum Gasteiger partial charge on any atom is -0.381 e. The third-order valence-electron chi connectivity index (χ3n) is 2.60. The fourth-order valence-electron chi connectivity index (χ4n) is 1.65. The van der Waals surface area contributed by atoms with Gasteiger partial charge in [0, 0.05) is 40.5 Å². The van der Waals surface area contributed by atoms with Gasteiger partial charge in [-0.25, -0.2) is 0 Å². The van der Waals surface area contributed by atoms with Gasteiger partial charge in [0.25, 0.3) is 0 Å².